The molecule has 98 valence electrons. The van der Waals surface area contributed by atoms with E-state index in [1.54, 1.807) is 12.1 Å². The van der Waals surface area contributed by atoms with Gasteiger partial charge in [-0.3, -0.25) is 4.79 Å². The van der Waals surface area contributed by atoms with Gasteiger partial charge < -0.3 is 9.84 Å². The molecule has 0 saturated carbocycles. The highest BCUT2D eigenvalue weighted by molar-refractivity contribution is 6.29. The van der Waals surface area contributed by atoms with E-state index in [1.165, 1.54) is 0 Å². The SMILES string of the molecule is O=C(O)C(Cl)Cc1ccc(Oc2ccccc2)cc1. The molecule has 0 heterocycles. The molecule has 1 N–H and O–H groups in total. The Morgan fingerprint density at radius 3 is 2.21 bits per heavy atom. The molecule has 4 heteroatoms. The first-order valence-electron chi connectivity index (χ1n) is 5.84. The molecule has 0 radical (unpaired) electrons. The Morgan fingerprint density at radius 2 is 1.63 bits per heavy atom. The van der Waals surface area contributed by atoms with Gasteiger partial charge in [0, 0.05) is 0 Å². The van der Waals surface area contributed by atoms with Crippen molar-refractivity contribution in [2.45, 2.75) is 11.8 Å². The fourth-order valence-corrected chi connectivity index (χ4v) is 1.79. The third kappa shape index (κ3) is 4.00. The second-order valence-electron chi connectivity index (χ2n) is 4.07. The van der Waals surface area contributed by atoms with Crippen LogP contribution in [0.3, 0.4) is 0 Å². The lowest BCUT2D eigenvalue weighted by Gasteiger charge is -2.07. The number of aliphatic carboxylic acids is 1. The largest absolute Gasteiger partial charge is 0.480 e. The molecule has 1 atom stereocenters. The Balaban J connectivity index is 2.01. The number of carbonyl (C=O) groups is 1. The fraction of sp³-hybridized carbons (Fsp3) is 0.133. The minimum absolute atomic E-state index is 0.294. The zero-order chi connectivity index (χ0) is 13.7. The van der Waals surface area contributed by atoms with Crippen molar-refractivity contribution in [3.63, 3.8) is 0 Å². The summed E-state index contributed by atoms with van der Waals surface area (Å²) >= 11 is 5.69. The van der Waals surface area contributed by atoms with Gasteiger partial charge in [0.15, 0.2) is 0 Å². The molecule has 0 spiro atoms. The number of benzene rings is 2. The molecule has 2 aromatic carbocycles. The van der Waals surface area contributed by atoms with Crippen molar-refractivity contribution in [1.82, 2.24) is 0 Å². The van der Waals surface area contributed by atoms with Crippen LogP contribution in [0.2, 0.25) is 0 Å². The van der Waals surface area contributed by atoms with Gasteiger partial charge in [0.1, 0.15) is 16.9 Å². The summed E-state index contributed by atoms with van der Waals surface area (Å²) in [7, 11) is 0. The van der Waals surface area contributed by atoms with E-state index in [4.69, 9.17) is 21.4 Å². The minimum atomic E-state index is -1.01. The van der Waals surface area contributed by atoms with Crippen molar-refractivity contribution < 1.29 is 14.6 Å². The second kappa shape index (κ2) is 6.25. The molecule has 0 aliphatic carbocycles. The predicted molar refractivity (Wildman–Crippen MR) is 73.9 cm³/mol. The van der Waals surface area contributed by atoms with Crippen molar-refractivity contribution in [3.05, 3.63) is 60.2 Å². The number of carboxylic acids is 1. The summed E-state index contributed by atoms with van der Waals surface area (Å²) in [5.41, 5.74) is 0.864. The van der Waals surface area contributed by atoms with E-state index in [-0.39, 0.29) is 0 Å². The first-order valence-corrected chi connectivity index (χ1v) is 6.27. The first-order chi connectivity index (χ1) is 9.15. The highest BCUT2D eigenvalue weighted by Gasteiger charge is 2.13. The predicted octanol–water partition coefficient (Wildman–Crippen LogP) is 3.71. The highest BCUT2D eigenvalue weighted by Crippen LogP contribution is 2.21. The van der Waals surface area contributed by atoms with Crippen molar-refractivity contribution >= 4 is 17.6 Å². The van der Waals surface area contributed by atoms with Gasteiger partial charge in [-0.05, 0) is 36.2 Å². The fourth-order valence-electron chi connectivity index (χ4n) is 1.61. The zero-order valence-corrected chi connectivity index (χ0v) is 10.9. The number of alkyl halides is 1. The Hall–Kier alpha value is -2.00. The van der Waals surface area contributed by atoms with Crippen LogP contribution in [0.25, 0.3) is 0 Å². The molecule has 19 heavy (non-hydrogen) atoms. The van der Waals surface area contributed by atoms with Gasteiger partial charge in [-0.15, -0.1) is 11.6 Å². The summed E-state index contributed by atoms with van der Waals surface area (Å²) in [5, 5.41) is 7.83. The van der Waals surface area contributed by atoms with Crippen LogP contribution in [0.5, 0.6) is 11.5 Å². The zero-order valence-electron chi connectivity index (χ0n) is 10.1. The lowest BCUT2D eigenvalue weighted by atomic mass is 10.1. The Labute approximate surface area is 116 Å². The third-order valence-electron chi connectivity index (χ3n) is 2.59. The summed E-state index contributed by atoms with van der Waals surface area (Å²) in [4.78, 5) is 10.7. The molecule has 2 rings (SSSR count). The van der Waals surface area contributed by atoms with E-state index >= 15 is 0 Å². The number of para-hydroxylation sites is 1. The summed E-state index contributed by atoms with van der Waals surface area (Å²) in [6.07, 6.45) is 0.294. The maximum Gasteiger partial charge on any atom is 0.321 e. The maximum atomic E-state index is 10.7. The van der Waals surface area contributed by atoms with E-state index in [9.17, 15) is 4.79 Å². The summed E-state index contributed by atoms with van der Waals surface area (Å²) in [6.45, 7) is 0. The molecule has 0 amide bonds. The van der Waals surface area contributed by atoms with E-state index < -0.39 is 11.3 Å². The molecule has 2 aromatic rings. The summed E-state index contributed by atoms with van der Waals surface area (Å²) in [5.74, 6) is 0.457. The highest BCUT2D eigenvalue weighted by atomic mass is 35.5. The molecule has 0 aliphatic heterocycles. The smallest absolute Gasteiger partial charge is 0.321 e. The van der Waals surface area contributed by atoms with E-state index in [2.05, 4.69) is 0 Å². The first kappa shape index (κ1) is 13.4. The molecule has 0 fully saturated rings. The Kier molecular flexibility index (Phi) is 4.42. The van der Waals surface area contributed by atoms with Gasteiger partial charge >= 0.3 is 5.97 Å². The van der Waals surface area contributed by atoms with Crippen LogP contribution in [0.1, 0.15) is 5.56 Å². The van der Waals surface area contributed by atoms with Crippen LogP contribution in [0, 0.1) is 0 Å². The number of halogens is 1. The van der Waals surface area contributed by atoms with Crippen LogP contribution >= 0.6 is 11.6 Å². The van der Waals surface area contributed by atoms with Crippen molar-refractivity contribution in [2.75, 3.05) is 0 Å². The lowest BCUT2D eigenvalue weighted by molar-refractivity contribution is -0.136. The van der Waals surface area contributed by atoms with Crippen LogP contribution in [-0.2, 0) is 11.2 Å². The van der Waals surface area contributed by atoms with E-state index in [0.29, 0.717) is 12.2 Å². The number of rotatable bonds is 5. The molecule has 0 bridgehead atoms. The second-order valence-corrected chi connectivity index (χ2v) is 4.60. The molecular weight excluding hydrogens is 264 g/mol. The molecule has 3 nitrogen and oxygen atoms in total. The number of carboxylic acid groups (broad SMARTS) is 1. The van der Waals surface area contributed by atoms with E-state index in [0.717, 1.165) is 11.3 Å². The monoisotopic (exact) mass is 276 g/mol. The van der Waals surface area contributed by atoms with Crippen LogP contribution in [0.4, 0.5) is 0 Å². The molecule has 1 unspecified atom stereocenters. The van der Waals surface area contributed by atoms with Crippen molar-refractivity contribution in [2.24, 2.45) is 0 Å². The van der Waals surface area contributed by atoms with Gasteiger partial charge in [0.05, 0.1) is 0 Å². The van der Waals surface area contributed by atoms with Gasteiger partial charge in [-0.1, -0.05) is 30.3 Å². The average Bonchev–Trinajstić information content (AvgIpc) is 2.42. The number of ether oxygens (including phenoxy) is 1. The Bertz CT molecular complexity index is 537. The van der Waals surface area contributed by atoms with Crippen LogP contribution < -0.4 is 4.74 Å². The van der Waals surface area contributed by atoms with Crippen LogP contribution in [-0.4, -0.2) is 16.5 Å². The van der Waals surface area contributed by atoms with Gasteiger partial charge in [0.2, 0.25) is 0 Å². The molecule has 0 aromatic heterocycles. The maximum absolute atomic E-state index is 10.7. The van der Waals surface area contributed by atoms with Crippen molar-refractivity contribution in [3.8, 4) is 11.5 Å². The third-order valence-corrected chi connectivity index (χ3v) is 2.93. The van der Waals surface area contributed by atoms with Gasteiger partial charge in [-0.25, -0.2) is 0 Å². The standard InChI is InChI=1S/C15H13ClO3/c16-14(15(17)18)10-11-6-8-13(9-7-11)19-12-4-2-1-3-5-12/h1-9,14H,10H2,(H,17,18). The van der Waals surface area contributed by atoms with Crippen molar-refractivity contribution in [1.29, 1.82) is 0 Å². The summed E-state index contributed by atoms with van der Waals surface area (Å²) < 4.78 is 5.64. The van der Waals surface area contributed by atoms with E-state index in [1.807, 2.05) is 42.5 Å². The molecule has 0 saturated heterocycles. The quantitative estimate of drug-likeness (QED) is 0.847. The van der Waals surface area contributed by atoms with Gasteiger partial charge in [0.25, 0.3) is 0 Å². The van der Waals surface area contributed by atoms with Gasteiger partial charge in [-0.2, -0.15) is 0 Å². The number of hydrogen-bond acceptors (Lipinski definition) is 2. The Morgan fingerprint density at radius 1 is 1.05 bits per heavy atom. The molecule has 0 aliphatic rings. The molecular formula is C15H13ClO3. The minimum Gasteiger partial charge on any atom is -0.480 e. The normalized spacial score (nSPS) is 11.8. The average molecular weight is 277 g/mol. The topological polar surface area (TPSA) is 46.5 Å². The van der Waals surface area contributed by atoms with Crippen LogP contribution in [0.15, 0.2) is 54.6 Å². The lowest BCUT2D eigenvalue weighted by Crippen LogP contribution is -2.15. The summed E-state index contributed by atoms with van der Waals surface area (Å²) in [6, 6.07) is 16.7. The number of hydrogen-bond donors (Lipinski definition) is 1.